The summed E-state index contributed by atoms with van der Waals surface area (Å²) < 4.78 is 1.11. The van der Waals surface area contributed by atoms with Gasteiger partial charge in [-0.05, 0) is 56.7 Å². The van der Waals surface area contributed by atoms with Crippen molar-refractivity contribution in [2.45, 2.75) is 25.4 Å². The fraction of sp³-hybridized carbons (Fsp3) is 0.571. The molecule has 18 heavy (non-hydrogen) atoms. The van der Waals surface area contributed by atoms with E-state index in [1.165, 1.54) is 37.2 Å². The minimum Gasteiger partial charge on any atom is -0.371 e. The molecule has 3 nitrogen and oxygen atoms in total. The molecule has 0 atom stereocenters. The third-order valence-corrected chi connectivity index (χ3v) is 4.28. The predicted molar refractivity (Wildman–Crippen MR) is 81.0 cm³/mol. The summed E-state index contributed by atoms with van der Waals surface area (Å²) in [5.74, 6) is 0. The van der Waals surface area contributed by atoms with Crippen molar-refractivity contribution >= 4 is 21.6 Å². The largest absolute Gasteiger partial charge is 0.371 e. The Hall–Kier alpha value is -0.580. The minimum absolute atomic E-state index is 0.591. The van der Waals surface area contributed by atoms with Crippen LogP contribution >= 0.6 is 15.9 Å². The molecule has 100 valence electrons. The van der Waals surface area contributed by atoms with Crippen LogP contribution in [-0.2, 0) is 6.54 Å². The van der Waals surface area contributed by atoms with Crippen molar-refractivity contribution in [3.05, 3.63) is 28.2 Å². The Bertz CT molecular complexity index is 400. The molecular weight excluding hydrogens is 290 g/mol. The molecule has 1 heterocycles. The molecular formula is C14H22BrN3. The number of anilines is 1. The standard InChI is InChI=1S/C14H22BrN3/c1-17-5-3-13(4-6-17)18(2)14-8-11(10-16)7-12(15)9-14/h7-9,13H,3-6,10,16H2,1-2H3. The van der Waals surface area contributed by atoms with Gasteiger partial charge in [0.2, 0.25) is 0 Å². The third kappa shape index (κ3) is 3.25. The van der Waals surface area contributed by atoms with E-state index in [4.69, 9.17) is 5.73 Å². The van der Waals surface area contributed by atoms with E-state index < -0.39 is 0 Å². The van der Waals surface area contributed by atoms with Crippen LogP contribution in [0.1, 0.15) is 18.4 Å². The smallest absolute Gasteiger partial charge is 0.0380 e. The Morgan fingerprint density at radius 2 is 2.00 bits per heavy atom. The van der Waals surface area contributed by atoms with Crippen molar-refractivity contribution in [3.63, 3.8) is 0 Å². The van der Waals surface area contributed by atoms with Crippen molar-refractivity contribution in [2.24, 2.45) is 5.73 Å². The lowest BCUT2D eigenvalue weighted by Gasteiger charge is -2.36. The number of halogens is 1. The van der Waals surface area contributed by atoms with E-state index in [-0.39, 0.29) is 0 Å². The molecule has 1 fully saturated rings. The van der Waals surface area contributed by atoms with E-state index in [0.717, 1.165) is 4.47 Å². The van der Waals surface area contributed by atoms with Gasteiger partial charge < -0.3 is 15.5 Å². The quantitative estimate of drug-likeness (QED) is 0.930. The van der Waals surface area contributed by atoms with Crippen molar-refractivity contribution in [1.82, 2.24) is 4.90 Å². The summed E-state index contributed by atoms with van der Waals surface area (Å²) in [5, 5.41) is 0. The summed E-state index contributed by atoms with van der Waals surface area (Å²) in [6.07, 6.45) is 2.47. The zero-order chi connectivity index (χ0) is 13.1. The fourth-order valence-corrected chi connectivity index (χ4v) is 3.08. The maximum atomic E-state index is 5.74. The van der Waals surface area contributed by atoms with Crippen LogP contribution in [0.15, 0.2) is 22.7 Å². The van der Waals surface area contributed by atoms with E-state index in [0.29, 0.717) is 12.6 Å². The number of benzene rings is 1. The summed E-state index contributed by atoms with van der Waals surface area (Å²) >= 11 is 3.57. The second-order valence-electron chi connectivity index (χ2n) is 5.17. The Labute approximate surface area is 118 Å². The van der Waals surface area contributed by atoms with Crippen molar-refractivity contribution in [3.8, 4) is 0 Å². The van der Waals surface area contributed by atoms with Crippen molar-refractivity contribution < 1.29 is 0 Å². The van der Waals surface area contributed by atoms with E-state index >= 15 is 0 Å². The molecule has 0 aromatic heterocycles. The van der Waals surface area contributed by atoms with Gasteiger partial charge in [-0.3, -0.25) is 0 Å². The number of hydrogen-bond donors (Lipinski definition) is 1. The van der Waals surface area contributed by atoms with Crippen LogP contribution in [0.25, 0.3) is 0 Å². The van der Waals surface area contributed by atoms with Crippen LogP contribution in [0.4, 0.5) is 5.69 Å². The van der Waals surface area contributed by atoms with Crippen molar-refractivity contribution in [1.29, 1.82) is 0 Å². The summed E-state index contributed by atoms with van der Waals surface area (Å²) in [6, 6.07) is 7.10. The number of hydrogen-bond acceptors (Lipinski definition) is 3. The molecule has 0 bridgehead atoms. The fourth-order valence-electron chi connectivity index (χ4n) is 2.55. The molecule has 0 amide bonds. The van der Waals surface area contributed by atoms with Gasteiger partial charge in [0.05, 0.1) is 0 Å². The average molecular weight is 312 g/mol. The van der Waals surface area contributed by atoms with Crippen LogP contribution in [0.5, 0.6) is 0 Å². The highest BCUT2D eigenvalue weighted by molar-refractivity contribution is 9.10. The lowest BCUT2D eigenvalue weighted by molar-refractivity contribution is 0.253. The first kappa shape index (κ1) is 13.8. The molecule has 2 rings (SSSR count). The second-order valence-corrected chi connectivity index (χ2v) is 6.08. The highest BCUT2D eigenvalue weighted by atomic mass is 79.9. The van der Waals surface area contributed by atoms with Gasteiger partial charge in [0.25, 0.3) is 0 Å². The number of rotatable bonds is 3. The zero-order valence-electron chi connectivity index (χ0n) is 11.2. The van der Waals surface area contributed by atoms with E-state index in [1.807, 2.05) is 0 Å². The van der Waals surface area contributed by atoms with Crippen LogP contribution in [0, 0.1) is 0 Å². The van der Waals surface area contributed by atoms with E-state index in [1.54, 1.807) is 0 Å². The first-order chi connectivity index (χ1) is 8.60. The average Bonchev–Trinajstić information content (AvgIpc) is 2.38. The third-order valence-electron chi connectivity index (χ3n) is 3.82. The molecule has 1 aromatic rings. The SMILES string of the molecule is CN1CCC(N(C)c2cc(Br)cc(CN)c2)CC1. The van der Waals surface area contributed by atoms with E-state index in [2.05, 4.69) is 58.0 Å². The minimum atomic E-state index is 0.591. The molecule has 0 radical (unpaired) electrons. The Balaban J connectivity index is 2.12. The number of nitrogens with two attached hydrogens (primary N) is 1. The van der Waals surface area contributed by atoms with Gasteiger partial charge >= 0.3 is 0 Å². The van der Waals surface area contributed by atoms with Gasteiger partial charge in [0, 0.05) is 29.8 Å². The summed E-state index contributed by atoms with van der Waals surface area (Å²) in [4.78, 5) is 4.80. The van der Waals surface area contributed by atoms with Crippen LogP contribution in [0.2, 0.25) is 0 Å². The van der Waals surface area contributed by atoms with Gasteiger partial charge in [0.1, 0.15) is 0 Å². The van der Waals surface area contributed by atoms with Gasteiger partial charge in [-0.25, -0.2) is 0 Å². The Kier molecular flexibility index (Phi) is 4.65. The zero-order valence-corrected chi connectivity index (χ0v) is 12.8. The Morgan fingerprint density at radius 1 is 1.33 bits per heavy atom. The molecule has 1 aliphatic heterocycles. The predicted octanol–water partition coefficient (Wildman–Crippen LogP) is 2.44. The van der Waals surface area contributed by atoms with Crippen LogP contribution in [0.3, 0.4) is 0 Å². The van der Waals surface area contributed by atoms with Gasteiger partial charge in [0.15, 0.2) is 0 Å². The highest BCUT2D eigenvalue weighted by Gasteiger charge is 2.21. The summed E-state index contributed by atoms with van der Waals surface area (Å²) in [5.41, 5.74) is 8.18. The Morgan fingerprint density at radius 3 is 2.61 bits per heavy atom. The molecule has 2 N–H and O–H groups in total. The number of likely N-dealkylation sites (tertiary alicyclic amines) is 1. The molecule has 0 unspecified atom stereocenters. The number of piperidine rings is 1. The molecule has 0 spiro atoms. The maximum Gasteiger partial charge on any atom is 0.0380 e. The normalized spacial score (nSPS) is 18.0. The lowest BCUT2D eigenvalue weighted by atomic mass is 10.0. The van der Waals surface area contributed by atoms with Crippen molar-refractivity contribution in [2.75, 3.05) is 32.1 Å². The van der Waals surface area contributed by atoms with Gasteiger partial charge in [-0.15, -0.1) is 0 Å². The summed E-state index contributed by atoms with van der Waals surface area (Å²) in [7, 11) is 4.39. The molecule has 4 heteroatoms. The monoisotopic (exact) mass is 311 g/mol. The lowest BCUT2D eigenvalue weighted by Crippen LogP contribution is -2.42. The molecule has 0 aliphatic carbocycles. The van der Waals surface area contributed by atoms with Crippen LogP contribution in [-0.4, -0.2) is 38.1 Å². The summed E-state index contributed by atoms with van der Waals surface area (Å²) in [6.45, 7) is 2.97. The highest BCUT2D eigenvalue weighted by Crippen LogP contribution is 2.26. The maximum absolute atomic E-state index is 5.74. The first-order valence-electron chi connectivity index (χ1n) is 6.51. The molecule has 1 aliphatic rings. The molecule has 1 aromatic carbocycles. The van der Waals surface area contributed by atoms with E-state index in [9.17, 15) is 0 Å². The van der Waals surface area contributed by atoms with Gasteiger partial charge in [-0.1, -0.05) is 15.9 Å². The molecule has 0 saturated carbocycles. The number of nitrogens with zero attached hydrogens (tertiary/aromatic N) is 2. The topological polar surface area (TPSA) is 32.5 Å². The molecule has 1 saturated heterocycles. The second kappa shape index (κ2) is 6.04. The first-order valence-corrected chi connectivity index (χ1v) is 7.30. The van der Waals surface area contributed by atoms with Crippen LogP contribution < -0.4 is 10.6 Å². The van der Waals surface area contributed by atoms with Gasteiger partial charge in [-0.2, -0.15) is 0 Å².